The van der Waals surface area contributed by atoms with Crippen LogP contribution < -0.4 is 0 Å². The standard InChI is InChI=1S/C36H22N2/c1-38-33(23-37)35-27-17-7-11-21-31(27)36(32-22-12-8-18-28(32)35)29-19-9-5-15-25(29)34(24-13-3-2-4-14-24)26-16-6-10-20-30(26)36/h2-22,34H. The zero-order valence-electron chi connectivity index (χ0n) is 20.6. The number of nitriles is 1. The van der Waals surface area contributed by atoms with Crippen LogP contribution in [0.15, 0.2) is 133 Å². The Kier molecular flexibility index (Phi) is 4.90. The first-order chi connectivity index (χ1) is 18.8. The molecule has 5 aromatic carbocycles. The Labute approximate surface area is 222 Å². The summed E-state index contributed by atoms with van der Waals surface area (Å²) >= 11 is 0. The first-order valence-corrected chi connectivity index (χ1v) is 12.8. The van der Waals surface area contributed by atoms with E-state index in [9.17, 15) is 5.26 Å². The van der Waals surface area contributed by atoms with Crippen LogP contribution in [0, 0.1) is 17.9 Å². The zero-order valence-corrected chi connectivity index (χ0v) is 20.6. The van der Waals surface area contributed by atoms with E-state index >= 15 is 0 Å². The Hall–Kier alpha value is -5.18. The lowest BCUT2D eigenvalue weighted by Gasteiger charge is -2.49. The van der Waals surface area contributed by atoms with Gasteiger partial charge in [-0.1, -0.05) is 127 Å². The van der Waals surface area contributed by atoms with E-state index in [0.717, 1.165) is 27.8 Å². The van der Waals surface area contributed by atoms with E-state index in [1.165, 1.54) is 27.8 Å². The van der Waals surface area contributed by atoms with Gasteiger partial charge in [-0.25, -0.2) is 10.1 Å². The Bertz CT molecular complexity index is 1730. The number of hydrogen-bond donors (Lipinski definition) is 0. The Morgan fingerprint density at radius 1 is 0.605 bits per heavy atom. The van der Waals surface area contributed by atoms with Gasteiger partial charge < -0.3 is 0 Å². The summed E-state index contributed by atoms with van der Waals surface area (Å²) in [6.07, 6.45) is 0. The fourth-order valence-corrected chi connectivity index (χ4v) is 6.82. The molecule has 5 aromatic rings. The molecule has 0 saturated carbocycles. The lowest BCUT2D eigenvalue weighted by molar-refractivity contribution is 0.672. The minimum atomic E-state index is -0.586. The Morgan fingerprint density at radius 3 is 1.55 bits per heavy atom. The van der Waals surface area contributed by atoms with Gasteiger partial charge in [0.1, 0.15) is 0 Å². The number of nitrogens with zero attached hydrogens (tertiary/aromatic N) is 2. The smallest absolute Gasteiger partial charge is 0.226 e. The molecule has 0 amide bonds. The molecule has 2 nitrogen and oxygen atoms in total. The van der Waals surface area contributed by atoms with Gasteiger partial charge in [0, 0.05) is 11.5 Å². The van der Waals surface area contributed by atoms with Crippen LogP contribution in [0.25, 0.3) is 10.4 Å². The monoisotopic (exact) mass is 482 g/mol. The summed E-state index contributed by atoms with van der Waals surface area (Å²) in [5.74, 6) is 0.100. The summed E-state index contributed by atoms with van der Waals surface area (Å²) in [6.45, 7) is 7.82. The summed E-state index contributed by atoms with van der Waals surface area (Å²) in [7, 11) is 0. The third-order valence-corrected chi connectivity index (χ3v) is 8.14. The van der Waals surface area contributed by atoms with Gasteiger partial charge in [-0.15, -0.1) is 0 Å². The topological polar surface area (TPSA) is 28.1 Å². The molecule has 2 aliphatic carbocycles. The van der Waals surface area contributed by atoms with Crippen molar-refractivity contribution in [2.75, 3.05) is 0 Å². The normalized spacial score (nSPS) is 18.3. The molecule has 0 heterocycles. The van der Waals surface area contributed by atoms with Crippen molar-refractivity contribution >= 4 is 5.57 Å². The molecule has 1 spiro atoms. The van der Waals surface area contributed by atoms with Gasteiger partial charge >= 0.3 is 0 Å². The van der Waals surface area contributed by atoms with Crippen molar-refractivity contribution in [2.45, 2.75) is 11.3 Å². The van der Waals surface area contributed by atoms with Crippen molar-refractivity contribution in [3.63, 3.8) is 0 Å². The zero-order chi connectivity index (χ0) is 25.7. The molecule has 0 aliphatic heterocycles. The molecule has 0 N–H and O–H groups in total. The lowest BCUT2D eigenvalue weighted by atomic mass is 9.53. The lowest BCUT2D eigenvalue weighted by Crippen LogP contribution is -2.40. The molecule has 38 heavy (non-hydrogen) atoms. The molecule has 0 bridgehead atoms. The number of benzene rings is 5. The average molecular weight is 483 g/mol. The fourth-order valence-electron chi connectivity index (χ4n) is 6.82. The molecule has 0 unspecified atom stereocenters. The van der Waals surface area contributed by atoms with Gasteiger partial charge in [-0.2, -0.15) is 0 Å². The summed E-state index contributed by atoms with van der Waals surface area (Å²) < 4.78 is 0. The van der Waals surface area contributed by atoms with Crippen molar-refractivity contribution in [1.29, 1.82) is 5.26 Å². The van der Waals surface area contributed by atoms with Crippen LogP contribution in [0.2, 0.25) is 0 Å². The second-order valence-corrected chi connectivity index (χ2v) is 9.81. The predicted octanol–water partition coefficient (Wildman–Crippen LogP) is 8.08. The largest absolute Gasteiger partial charge is 0.270 e. The molecule has 2 heteroatoms. The number of hydrogen-bond acceptors (Lipinski definition) is 1. The fraction of sp³-hybridized carbons (Fsp3) is 0.0556. The number of allylic oxidation sites excluding steroid dienone is 1. The highest BCUT2D eigenvalue weighted by atomic mass is 14.7. The van der Waals surface area contributed by atoms with Crippen LogP contribution in [0.1, 0.15) is 56.0 Å². The minimum absolute atomic E-state index is 0.100. The van der Waals surface area contributed by atoms with Gasteiger partial charge in [0.05, 0.1) is 18.1 Å². The van der Waals surface area contributed by atoms with Crippen LogP contribution >= 0.6 is 0 Å². The van der Waals surface area contributed by atoms with Crippen LogP contribution in [0.4, 0.5) is 0 Å². The summed E-state index contributed by atoms with van der Waals surface area (Å²) in [5.41, 5.74) is 10.7. The molecule has 7 rings (SSSR count). The Morgan fingerprint density at radius 2 is 1.05 bits per heavy atom. The van der Waals surface area contributed by atoms with E-state index < -0.39 is 5.41 Å². The number of fused-ring (bicyclic) bond motifs is 8. The highest BCUT2D eigenvalue weighted by molar-refractivity contribution is 5.94. The molecule has 2 aliphatic rings. The molecule has 0 fully saturated rings. The van der Waals surface area contributed by atoms with E-state index in [1.807, 2.05) is 12.1 Å². The van der Waals surface area contributed by atoms with E-state index in [0.29, 0.717) is 0 Å². The minimum Gasteiger partial charge on any atom is -0.226 e. The van der Waals surface area contributed by atoms with E-state index in [1.54, 1.807) is 0 Å². The molecular formula is C36H22N2. The highest BCUT2D eigenvalue weighted by Gasteiger charge is 2.51. The first-order valence-electron chi connectivity index (χ1n) is 12.8. The maximum Gasteiger partial charge on any atom is 0.270 e. The second-order valence-electron chi connectivity index (χ2n) is 9.81. The van der Waals surface area contributed by atoms with Crippen molar-refractivity contribution in [2.24, 2.45) is 0 Å². The number of rotatable bonds is 1. The van der Waals surface area contributed by atoms with Crippen LogP contribution in [0.3, 0.4) is 0 Å². The summed E-state index contributed by atoms with van der Waals surface area (Å²) in [6, 6.07) is 47.2. The van der Waals surface area contributed by atoms with Crippen molar-refractivity contribution in [3.05, 3.63) is 195 Å². The molecule has 176 valence electrons. The summed E-state index contributed by atoms with van der Waals surface area (Å²) in [5, 5.41) is 9.99. The third kappa shape index (κ3) is 2.81. The highest BCUT2D eigenvalue weighted by Crippen LogP contribution is 2.60. The van der Waals surface area contributed by atoms with Gasteiger partial charge in [-0.05, 0) is 50.1 Å². The SMILES string of the molecule is [C-]#[N+]C(C#N)=C1c2ccccc2C2(c3ccccc31)c1ccccc1C(c1ccccc1)c1ccccc12. The van der Waals surface area contributed by atoms with Crippen LogP contribution in [0.5, 0.6) is 0 Å². The second kappa shape index (κ2) is 8.45. The van der Waals surface area contributed by atoms with Crippen LogP contribution in [-0.2, 0) is 5.41 Å². The molecule has 0 saturated heterocycles. The maximum atomic E-state index is 9.99. The first kappa shape index (κ1) is 22.1. The molecule has 0 atom stereocenters. The van der Waals surface area contributed by atoms with Gasteiger partial charge in [-0.3, -0.25) is 0 Å². The maximum absolute atomic E-state index is 9.99. The van der Waals surface area contributed by atoms with Crippen molar-refractivity contribution in [3.8, 4) is 6.07 Å². The van der Waals surface area contributed by atoms with Crippen molar-refractivity contribution in [1.82, 2.24) is 0 Å². The van der Waals surface area contributed by atoms with Crippen LogP contribution in [-0.4, -0.2) is 0 Å². The van der Waals surface area contributed by atoms with E-state index in [2.05, 4.69) is 126 Å². The van der Waals surface area contributed by atoms with E-state index in [-0.39, 0.29) is 11.6 Å². The predicted molar refractivity (Wildman–Crippen MR) is 150 cm³/mol. The molecule has 0 aromatic heterocycles. The van der Waals surface area contributed by atoms with Crippen molar-refractivity contribution < 1.29 is 0 Å². The van der Waals surface area contributed by atoms with E-state index in [4.69, 9.17) is 6.57 Å². The Balaban J connectivity index is 1.70. The average Bonchev–Trinajstić information content (AvgIpc) is 2.99. The van der Waals surface area contributed by atoms with Gasteiger partial charge in [0.2, 0.25) is 0 Å². The quantitative estimate of drug-likeness (QED) is 0.172. The van der Waals surface area contributed by atoms with Gasteiger partial charge in [0.15, 0.2) is 0 Å². The molecule has 0 radical (unpaired) electrons. The van der Waals surface area contributed by atoms with Gasteiger partial charge in [0.25, 0.3) is 5.70 Å². The molecular weight excluding hydrogens is 460 g/mol. The third-order valence-electron chi connectivity index (χ3n) is 8.14. The summed E-state index contributed by atoms with van der Waals surface area (Å²) in [4.78, 5) is 3.67.